The van der Waals surface area contributed by atoms with E-state index in [4.69, 9.17) is 4.74 Å². The van der Waals surface area contributed by atoms with E-state index in [1.54, 1.807) is 35.8 Å². The molecule has 316 valence electrons. The summed E-state index contributed by atoms with van der Waals surface area (Å²) in [6.45, 7) is 12.3. The van der Waals surface area contributed by atoms with Gasteiger partial charge in [0.25, 0.3) is 5.91 Å². The number of rotatable bonds is 3. The number of carbonyl (C=O) groups excluding carboxylic acids is 7. The Hall–Kier alpha value is -5.54. The number of carbonyl (C=O) groups is 7. The quantitative estimate of drug-likeness (QED) is 0.266. The lowest BCUT2D eigenvalue weighted by atomic mass is 9.99. The lowest BCUT2D eigenvalue weighted by molar-refractivity contribution is -0.160. The van der Waals surface area contributed by atoms with Crippen LogP contribution in [-0.4, -0.2) is 113 Å². The number of ether oxygens (including phenoxy) is 1. The molecule has 0 aromatic heterocycles. The lowest BCUT2D eigenvalue weighted by Gasteiger charge is -2.38. The Kier molecular flexibility index (Phi) is 16.6. The Morgan fingerprint density at radius 2 is 1.45 bits per heavy atom. The van der Waals surface area contributed by atoms with Crippen molar-refractivity contribution in [3.63, 3.8) is 0 Å². The third kappa shape index (κ3) is 12.7. The number of amides is 7. The highest BCUT2D eigenvalue weighted by atomic mass is 19.2. The Labute approximate surface area is 339 Å². The molecule has 6 rings (SSSR count). The van der Waals surface area contributed by atoms with Crippen molar-refractivity contribution in [1.29, 1.82) is 0 Å². The van der Waals surface area contributed by atoms with Gasteiger partial charge >= 0.3 is 12.0 Å². The van der Waals surface area contributed by atoms with E-state index in [0.29, 0.717) is 51.0 Å². The summed E-state index contributed by atoms with van der Waals surface area (Å²) in [6.07, 6.45) is 3.17. The highest BCUT2D eigenvalue weighted by Crippen LogP contribution is 2.28. The van der Waals surface area contributed by atoms with Crippen LogP contribution >= 0.6 is 0 Å². The van der Waals surface area contributed by atoms with Crippen LogP contribution in [0, 0.1) is 26.7 Å². The van der Waals surface area contributed by atoms with Gasteiger partial charge < -0.3 is 35.4 Å². The number of nitrogens with one attached hydrogen (secondary N) is 4. The summed E-state index contributed by atoms with van der Waals surface area (Å²) in [5.41, 5.74) is 5.26. The second kappa shape index (κ2) is 21.3. The molecule has 4 saturated heterocycles. The molecular formula is C42H58FN7O8. The van der Waals surface area contributed by atoms with Crippen molar-refractivity contribution in [3.05, 3.63) is 65.2 Å². The van der Waals surface area contributed by atoms with Crippen molar-refractivity contribution in [3.8, 4) is 0 Å². The number of hydrogen-bond acceptors (Lipinski definition) is 8. The number of esters is 1. The number of piperidine rings is 1. The van der Waals surface area contributed by atoms with Crippen LogP contribution in [0.1, 0.15) is 82.4 Å². The van der Waals surface area contributed by atoms with E-state index in [1.165, 1.54) is 16.0 Å². The van der Waals surface area contributed by atoms with Crippen molar-refractivity contribution in [2.75, 3.05) is 31.5 Å². The number of halogens is 1. The van der Waals surface area contributed by atoms with Gasteiger partial charge in [-0.1, -0.05) is 60.0 Å². The molecule has 15 nitrogen and oxygen atoms in total. The standard InChI is InChI=1S/C24H36N4O6.C10H12FN3O2.C8H10/c1-14-11-19-24(33)34-15(2)12-20(29)26-10-6-8-18(26)23(32)27-9-5-4-7-17(27)21(30)25-16(3)22(31)28(19)13-14;1-7-2-4-8(5-3-7)13-10(16)12-6-9(15)14-11;1-7-4-3-5-8(2)6-7/h14-19H,4-13H2,1-3H3,(H,25,30);2-5H,6H2,1H3,(H,14,15)(H2,12,13,16);3-6H,1-2H3. The number of anilines is 1. The van der Waals surface area contributed by atoms with E-state index in [2.05, 4.69) is 54.1 Å². The average molecular weight is 808 g/mol. The van der Waals surface area contributed by atoms with E-state index in [-0.39, 0.29) is 36.0 Å². The van der Waals surface area contributed by atoms with E-state index >= 15 is 0 Å². The largest absolute Gasteiger partial charge is 0.461 e. The molecule has 16 heteroatoms. The van der Waals surface area contributed by atoms with Crippen LogP contribution in [-0.2, 0) is 33.5 Å². The van der Waals surface area contributed by atoms with Gasteiger partial charge in [-0.2, -0.15) is 5.54 Å². The average Bonchev–Trinajstić information content (AvgIpc) is 3.85. The van der Waals surface area contributed by atoms with Crippen molar-refractivity contribution in [1.82, 2.24) is 30.9 Å². The summed E-state index contributed by atoms with van der Waals surface area (Å²) in [4.78, 5) is 92.3. The fraction of sp³-hybridized carbons (Fsp3) is 0.548. The molecule has 0 bridgehead atoms. The van der Waals surface area contributed by atoms with Crippen molar-refractivity contribution in [2.45, 2.75) is 117 Å². The summed E-state index contributed by atoms with van der Waals surface area (Å²) < 4.78 is 17.1. The highest BCUT2D eigenvalue weighted by Gasteiger charge is 2.44. The molecule has 2 aromatic rings. The van der Waals surface area contributed by atoms with Crippen LogP contribution < -0.4 is 21.5 Å². The molecule has 4 aliphatic heterocycles. The van der Waals surface area contributed by atoms with E-state index in [9.17, 15) is 38.0 Å². The maximum Gasteiger partial charge on any atom is 0.329 e. The number of benzene rings is 2. The fourth-order valence-electron chi connectivity index (χ4n) is 7.61. The summed E-state index contributed by atoms with van der Waals surface area (Å²) in [5.74, 6) is -2.48. The predicted octanol–water partition coefficient (Wildman–Crippen LogP) is 3.86. The molecule has 0 spiro atoms. The van der Waals surface area contributed by atoms with Gasteiger partial charge in [-0.3, -0.25) is 24.0 Å². The Balaban J connectivity index is 0.000000254. The third-order valence-electron chi connectivity index (χ3n) is 10.5. The van der Waals surface area contributed by atoms with Crippen LogP contribution in [0.4, 0.5) is 15.0 Å². The van der Waals surface area contributed by atoms with Gasteiger partial charge in [-0.05, 0) is 91.2 Å². The van der Waals surface area contributed by atoms with Crippen molar-refractivity contribution in [2.24, 2.45) is 5.92 Å². The zero-order valence-electron chi connectivity index (χ0n) is 34.3. The first-order chi connectivity index (χ1) is 27.6. The van der Waals surface area contributed by atoms with Crippen LogP contribution in [0.2, 0.25) is 0 Å². The SMILES string of the molecule is CC1CC2C(=O)OC(C)CC(=O)N3CCCC3C(=O)N3CCCCC3C(=O)NC(C)C(=O)N2C1.Cc1ccc(NC(=O)NCC(=O)NF)cc1.Cc1cccc(C)c1. The van der Waals surface area contributed by atoms with Crippen molar-refractivity contribution >= 4 is 47.2 Å². The second-order valence-electron chi connectivity index (χ2n) is 15.7. The molecule has 0 aliphatic carbocycles. The monoisotopic (exact) mass is 807 g/mol. The van der Waals surface area contributed by atoms with Gasteiger partial charge in [0.15, 0.2) is 0 Å². The predicted molar refractivity (Wildman–Crippen MR) is 215 cm³/mol. The Morgan fingerprint density at radius 1 is 0.793 bits per heavy atom. The molecule has 7 amide bonds. The van der Waals surface area contributed by atoms with E-state index < -0.39 is 54.7 Å². The van der Waals surface area contributed by atoms with E-state index in [1.807, 2.05) is 26.0 Å². The van der Waals surface area contributed by atoms with Crippen LogP contribution in [0.25, 0.3) is 0 Å². The number of aryl methyl sites for hydroxylation is 3. The summed E-state index contributed by atoms with van der Waals surface area (Å²) in [7, 11) is 0. The smallest absolute Gasteiger partial charge is 0.329 e. The number of hydrogen-bond donors (Lipinski definition) is 4. The molecule has 6 unspecified atom stereocenters. The molecule has 0 radical (unpaired) electrons. The molecule has 0 saturated carbocycles. The third-order valence-corrected chi connectivity index (χ3v) is 10.5. The lowest BCUT2D eigenvalue weighted by Crippen LogP contribution is -2.59. The van der Waals surface area contributed by atoms with Gasteiger partial charge in [0.2, 0.25) is 23.6 Å². The molecule has 6 atom stereocenters. The van der Waals surface area contributed by atoms with Crippen LogP contribution in [0.5, 0.6) is 0 Å². The molecule has 4 fully saturated rings. The van der Waals surface area contributed by atoms with Crippen LogP contribution in [0.3, 0.4) is 0 Å². The van der Waals surface area contributed by atoms with Crippen molar-refractivity contribution < 1.29 is 42.8 Å². The first-order valence-corrected chi connectivity index (χ1v) is 20.0. The first kappa shape index (κ1) is 45.2. The Bertz CT molecular complexity index is 1780. The minimum atomic E-state index is -0.904. The minimum Gasteiger partial charge on any atom is -0.461 e. The maximum atomic E-state index is 13.5. The second-order valence-corrected chi connectivity index (χ2v) is 15.7. The number of fused-ring (bicyclic) bond motifs is 3. The molecule has 58 heavy (non-hydrogen) atoms. The zero-order valence-corrected chi connectivity index (χ0v) is 34.3. The number of urea groups is 1. The summed E-state index contributed by atoms with van der Waals surface area (Å²) in [5, 5.41) is 7.48. The maximum absolute atomic E-state index is 13.5. The van der Waals surface area contributed by atoms with Gasteiger partial charge in [0, 0.05) is 25.3 Å². The first-order valence-electron chi connectivity index (χ1n) is 20.0. The van der Waals surface area contributed by atoms with Gasteiger partial charge in [0.1, 0.15) is 36.8 Å². The normalized spacial score (nSPS) is 25.0. The van der Waals surface area contributed by atoms with E-state index in [0.717, 1.165) is 23.9 Å². The molecule has 2 aromatic carbocycles. The zero-order chi connectivity index (χ0) is 42.5. The van der Waals surface area contributed by atoms with Gasteiger partial charge in [0.05, 0.1) is 6.42 Å². The summed E-state index contributed by atoms with van der Waals surface area (Å²) >= 11 is 0. The Morgan fingerprint density at radius 3 is 2.09 bits per heavy atom. The topological polar surface area (TPSA) is 187 Å². The fourth-order valence-corrected chi connectivity index (χ4v) is 7.61. The highest BCUT2D eigenvalue weighted by molar-refractivity contribution is 5.96. The number of cyclic esters (lactones) is 1. The van der Waals surface area contributed by atoms with Crippen LogP contribution in [0.15, 0.2) is 48.5 Å². The molecule has 4 aliphatic rings. The minimum absolute atomic E-state index is 0.0218. The van der Waals surface area contributed by atoms with Gasteiger partial charge in [-0.15, -0.1) is 4.48 Å². The van der Waals surface area contributed by atoms with Gasteiger partial charge in [-0.25, -0.2) is 9.59 Å². The number of nitrogens with zero attached hydrogens (tertiary/aromatic N) is 3. The molecule has 4 heterocycles. The molecule has 4 N–H and O–H groups in total. The molecular weight excluding hydrogens is 750 g/mol. The summed E-state index contributed by atoms with van der Waals surface area (Å²) in [6, 6.07) is 12.2.